The Morgan fingerprint density at radius 2 is 2.00 bits per heavy atom. The molecule has 0 bridgehead atoms. The third-order valence-corrected chi connectivity index (χ3v) is 6.13. The number of nitrogens with zero attached hydrogens (tertiary/aromatic N) is 3. The van der Waals surface area contributed by atoms with Gasteiger partial charge in [0.15, 0.2) is 11.0 Å². The first kappa shape index (κ1) is 21.0. The Morgan fingerprint density at radius 3 is 2.73 bits per heavy atom. The van der Waals surface area contributed by atoms with E-state index in [1.165, 1.54) is 0 Å². The first-order valence-corrected chi connectivity index (χ1v) is 11.3. The molecule has 2 aromatic carbocycles. The van der Waals surface area contributed by atoms with Crippen molar-refractivity contribution < 1.29 is 14.2 Å². The molecule has 4 rings (SSSR count). The van der Waals surface area contributed by atoms with Crippen molar-refractivity contribution >= 4 is 23.4 Å². The van der Waals surface area contributed by atoms with Gasteiger partial charge in [0, 0.05) is 17.9 Å². The molecule has 1 fully saturated rings. The van der Waals surface area contributed by atoms with E-state index in [4.69, 9.17) is 25.8 Å². The lowest BCUT2D eigenvalue weighted by Gasteiger charge is -2.15. The van der Waals surface area contributed by atoms with Crippen LogP contribution in [0, 0.1) is 0 Å². The quantitative estimate of drug-likeness (QED) is 0.343. The molecule has 0 saturated carbocycles. The molecule has 1 aliphatic heterocycles. The van der Waals surface area contributed by atoms with Gasteiger partial charge in [-0.1, -0.05) is 35.5 Å². The Balaban J connectivity index is 1.47. The van der Waals surface area contributed by atoms with Crippen LogP contribution in [0.5, 0.6) is 11.5 Å². The second kappa shape index (κ2) is 10.2. The van der Waals surface area contributed by atoms with Crippen LogP contribution in [-0.2, 0) is 11.3 Å². The van der Waals surface area contributed by atoms with Gasteiger partial charge < -0.3 is 14.2 Å². The monoisotopic (exact) mass is 445 g/mol. The molecule has 0 N–H and O–H groups in total. The van der Waals surface area contributed by atoms with Crippen LogP contribution in [-0.4, -0.2) is 46.9 Å². The zero-order chi connectivity index (χ0) is 20.8. The molecule has 1 aromatic heterocycles. The van der Waals surface area contributed by atoms with Gasteiger partial charge in [0.25, 0.3) is 0 Å². The number of aromatic nitrogens is 3. The summed E-state index contributed by atoms with van der Waals surface area (Å²) < 4.78 is 19.1. The second-order valence-corrected chi connectivity index (χ2v) is 8.38. The summed E-state index contributed by atoms with van der Waals surface area (Å²) in [5.41, 5.74) is 1.00. The van der Waals surface area contributed by atoms with E-state index in [2.05, 4.69) is 14.8 Å². The molecule has 1 saturated heterocycles. The highest BCUT2D eigenvalue weighted by Gasteiger charge is 2.21. The van der Waals surface area contributed by atoms with E-state index < -0.39 is 0 Å². The molecule has 0 amide bonds. The number of methoxy groups -OCH3 is 1. The minimum atomic E-state index is 0.191. The maximum Gasteiger partial charge on any atom is 0.191 e. The summed E-state index contributed by atoms with van der Waals surface area (Å²) in [6.45, 7) is 2.08. The normalized spacial score (nSPS) is 16.0. The van der Waals surface area contributed by atoms with E-state index >= 15 is 0 Å². The van der Waals surface area contributed by atoms with Crippen molar-refractivity contribution in [1.29, 1.82) is 0 Å². The summed E-state index contributed by atoms with van der Waals surface area (Å²) in [4.78, 5) is 0. The SMILES string of the molecule is COc1ccc(-c2nnc(SCCOc3ccccc3Cl)n2CC2CCCO2)cc1. The first-order valence-electron chi connectivity index (χ1n) is 9.94. The molecule has 0 aliphatic carbocycles. The largest absolute Gasteiger partial charge is 0.497 e. The predicted molar refractivity (Wildman–Crippen MR) is 119 cm³/mol. The Kier molecular flexibility index (Phi) is 7.15. The summed E-state index contributed by atoms with van der Waals surface area (Å²) in [5.74, 6) is 3.08. The summed E-state index contributed by atoms with van der Waals surface area (Å²) in [6, 6.07) is 15.4. The van der Waals surface area contributed by atoms with Gasteiger partial charge >= 0.3 is 0 Å². The summed E-state index contributed by atoms with van der Waals surface area (Å²) in [6.07, 6.45) is 2.34. The molecule has 2 heterocycles. The van der Waals surface area contributed by atoms with E-state index in [1.807, 2.05) is 48.5 Å². The number of para-hydroxylation sites is 1. The van der Waals surface area contributed by atoms with Gasteiger partial charge in [0.1, 0.15) is 11.5 Å². The smallest absolute Gasteiger partial charge is 0.191 e. The maximum absolute atomic E-state index is 6.15. The van der Waals surface area contributed by atoms with Gasteiger partial charge in [-0.15, -0.1) is 10.2 Å². The van der Waals surface area contributed by atoms with Gasteiger partial charge in [-0.3, -0.25) is 4.57 Å². The van der Waals surface area contributed by atoms with Crippen LogP contribution in [0.15, 0.2) is 53.7 Å². The highest BCUT2D eigenvalue weighted by atomic mass is 35.5. The number of benzene rings is 2. The molecule has 158 valence electrons. The van der Waals surface area contributed by atoms with Crippen LogP contribution in [0.25, 0.3) is 11.4 Å². The van der Waals surface area contributed by atoms with E-state index in [9.17, 15) is 0 Å². The first-order chi connectivity index (χ1) is 14.7. The third kappa shape index (κ3) is 5.09. The van der Waals surface area contributed by atoms with Crippen LogP contribution >= 0.6 is 23.4 Å². The molecular weight excluding hydrogens is 422 g/mol. The van der Waals surface area contributed by atoms with Crippen molar-refractivity contribution in [2.75, 3.05) is 26.1 Å². The molecule has 1 atom stereocenters. The molecule has 6 nitrogen and oxygen atoms in total. The average Bonchev–Trinajstić information content (AvgIpc) is 3.43. The van der Waals surface area contributed by atoms with E-state index in [0.29, 0.717) is 17.4 Å². The molecule has 1 aliphatic rings. The fraction of sp³-hybridized carbons (Fsp3) is 0.364. The van der Waals surface area contributed by atoms with Crippen molar-refractivity contribution in [3.8, 4) is 22.9 Å². The van der Waals surface area contributed by atoms with Crippen molar-refractivity contribution in [1.82, 2.24) is 14.8 Å². The average molecular weight is 446 g/mol. The third-order valence-electron chi connectivity index (χ3n) is 4.88. The molecule has 3 aromatic rings. The summed E-state index contributed by atoms with van der Waals surface area (Å²) in [7, 11) is 1.66. The minimum Gasteiger partial charge on any atom is -0.497 e. The minimum absolute atomic E-state index is 0.191. The maximum atomic E-state index is 6.15. The molecule has 8 heteroatoms. The molecule has 0 spiro atoms. The predicted octanol–water partition coefficient (Wildman–Crippen LogP) is 4.96. The highest BCUT2D eigenvalue weighted by Crippen LogP contribution is 2.28. The van der Waals surface area contributed by atoms with E-state index in [1.54, 1.807) is 18.9 Å². The number of thioether (sulfide) groups is 1. The molecule has 0 radical (unpaired) electrons. The fourth-order valence-corrected chi connectivity index (χ4v) is 4.31. The van der Waals surface area contributed by atoms with Crippen LogP contribution in [0.4, 0.5) is 0 Å². The highest BCUT2D eigenvalue weighted by molar-refractivity contribution is 7.99. The number of hydrogen-bond donors (Lipinski definition) is 0. The lowest BCUT2D eigenvalue weighted by molar-refractivity contribution is 0.0953. The molecule has 1 unspecified atom stereocenters. The lowest BCUT2D eigenvalue weighted by atomic mass is 10.2. The number of rotatable bonds is 9. The van der Waals surface area contributed by atoms with Crippen molar-refractivity contribution in [2.24, 2.45) is 0 Å². The number of hydrogen-bond acceptors (Lipinski definition) is 6. The summed E-state index contributed by atoms with van der Waals surface area (Å²) >= 11 is 7.77. The Morgan fingerprint density at radius 1 is 1.17 bits per heavy atom. The zero-order valence-corrected chi connectivity index (χ0v) is 18.4. The van der Waals surface area contributed by atoms with Gasteiger partial charge in [-0.25, -0.2) is 0 Å². The second-order valence-electron chi connectivity index (χ2n) is 6.91. The van der Waals surface area contributed by atoms with Crippen LogP contribution < -0.4 is 9.47 Å². The topological polar surface area (TPSA) is 58.4 Å². The van der Waals surface area contributed by atoms with Crippen LogP contribution in [0.3, 0.4) is 0 Å². The Bertz CT molecular complexity index is 959. The zero-order valence-electron chi connectivity index (χ0n) is 16.8. The van der Waals surface area contributed by atoms with Crippen molar-refractivity contribution in [2.45, 2.75) is 30.6 Å². The number of ether oxygens (including phenoxy) is 3. The van der Waals surface area contributed by atoms with Gasteiger partial charge in [-0.05, 0) is 49.2 Å². The fourth-order valence-electron chi connectivity index (χ4n) is 3.35. The standard InChI is InChI=1S/C22H24ClN3O3S/c1-27-17-10-8-16(9-11-17)21-24-25-22(26(21)15-18-5-4-12-28-18)30-14-13-29-20-7-3-2-6-19(20)23/h2-3,6-11,18H,4-5,12-15H2,1H3. The van der Waals surface area contributed by atoms with Gasteiger partial charge in [0.05, 0.1) is 31.4 Å². The summed E-state index contributed by atoms with van der Waals surface area (Å²) in [5, 5.41) is 10.4. The van der Waals surface area contributed by atoms with E-state index in [0.717, 1.165) is 54.0 Å². The van der Waals surface area contributed by atoms with Crippen LogP contribution in [0.1, 0.15) is 12.8 Å². The Labute approximate surface area is 185 Å². The number of halogens is 1. The van der Waals surface area contributed by atoms with Crippen molar-refractivity contribution in [3.63, 3.8) is 0 Å². The van der Waals surface area contributed by atoms with Gasteiger partial charge in [-0.2, -0.15) is 0 Å². The van der Waals surface area contributed by atoms with Gasteiger partial charge in [0.2, 0.25) is 0 Å². The Hall–Kier alpha value is -2.22. The lowest BCUT2D eigenvalue weighted by Crippen LogP contribution is -2.17. The van der Waals surface area contributed by atoms with Crippen molar-refractivity contribution in [3.05, 3.63) is 53.6 Å². The molecular formula is C22H24ClN3O3S. The van der Waals surface area contributed by atoms with E-state index in [-0.39, 0.29) is 6.10 Å². The van der Waals surface area contributed by atoms with Crippen LogP contribution in [0.2, 0.25) is 5.02 Å². The molecule has 30 heavy (non-hydrogen) atoms.